The lowest BCUT2D eigenvalue weighted by Crippen LogP contribution is -2.34. The number of hydrogen-bond donors (Lipinski definition) is 1. The topological polar surface area (TPSA) is 32.3 Å². The molecule has 0 aliphatic heterocycles. The van der Waals surface area contributed by atoms with Crippen molar-refractivity contribution in [3.8, 4) is 0 Å². The van der Waals surface area contributed by atoms with Crippen LogP contribution in [0.3, 0.4) is 0 Å². The highest BCUT2D eigenvalue weighted by Crippen LogP contribution is 2.50. The maximum Gasteiger partial charge on any atom is 0.226 e. The number of rotatable bonds is 5. The van der Waals surface area contributed by atoms with E-state index in [9.17, 15) is 4.79 Å². The molecule has 1 aliphatic carbocycles. The summed E-state index contributed by atoms with van der Waals surface area (Å²) in [5.41, 5.74) is 1.33. The highest BCUT2D eigenvalue weighted by molar-refractivity contribution is 5.89. The lowest BCUT2D eigenvalue weighted by Gasteiger charge is -2.17. The van der Waals surface area contributed by atoms with Crippen molar-refractivity contribution in [1.82, 2.24) is 10.2 Å². The molecule has 0 heterocycles. The van der Waals surface area contributed by atoms with Gasteiger partial charge in [0.25, 0.3) is 0 Å². The molecule has 2 aromatic rings. The van der Waals surface area contributed by atoms with Crippen LogP contribution in [0, 0.1) is 5.92 Å². The maximum atomic E-state index is 12.4. The normalized spacial score (nSPS) is 20.5. The Kier molecular flexibility index (Phi) is 3.93. The maximum absolute atomic E-state index is 12.4. The highest BCUT2D eigenvalue weighted by atomic mass is 16.2. The summed E-state index contributed by atoms with van der Waals surface area (Å²) in [7, 11) is 3.81. The third-order valence-corrected chi connectivity index (χ3v) is 4.40. The average Bonchev–Trinajstić information content (AvgIpc) is 3.31. The zero-order valence-electron chi connectivity index (χ0n) is 12.7. The molecule has 2 atom stereocenters. The largest absolute Gasteiger partial charge is 0.344 e. The number of carbonyl (C=O) groups is 1. The molecule has 1 saturated carbocycles. The summed E-state index contributed by atoms with van der Waals surface area (Å²) in [6.45, 7) is 1.61. The standard InChI is InChI=1S/C18H22N2O/c1-19-10-11-20(2)18(21)17-12-16(17)15-9-5-7-13-6-3-4-8-14(13)15/h3-9,16-17,19H,10-12H2,1-2H3. The Bertz CT molecular complexity index is 647. The first-order chi connectivity index (χ1) is 10.2. The number of nitrogens with zero attached hydrogens (tertiary/aromatic N) is 1. The molecule has 3 rings (SSSR count). The predicted octanol–water partition coefficient (Wildman–Crippen LogP) is 2.62. The van der Waals surface area contributed by atoms with Gasteiger partial charge in [-0.1, -0.05) is 42.5 Å². The third-order valence-electron chi connectivity index (χ3n) is 4.40. The Morgan fingerprint density at radius 1 is 1.24 bits per heavy atom. The quantitative estimate of drug-likeness (QED) is 0.914. The van der Waals surface area contributed by atoms with Gasteiger partial charge in [0, 0.05) is 26.1 Å². The summed E-state index contributed by atoms with van der Waals surface area (Å²) in [6, 6.07) is 14.8. The fourth-order valence-electron chi connectivity index (χ4n) is 3.06. The molecule has 110 valence electrons. The summed E-state index contributed by atoms with van der Waals surface area (Å²) < 4.78 is 0. The van der Waals surface area contributed by atoms with Gasteiger partial charge in [-0.3, -0.25) is 4.79 Å². The molecular weight excluding hydrogens is 260 g/mol. The second-order valence-electron chi connectivity index (χ2n) is 5.88. The van der Waals surface area contributed by atoms with E-state index >= 15 is 0 Å². The highest BCUT2D eigenvalue weighted by Gasteiger charge is 2.45. The first kappa shape index (κ1) is 14.1. The molecule has 2 unspecified atom stereocenters. The number of benzene rings is 2. The Balaban J connectivity index is 1.76. The molecule has 3 nitrogen and oxygen atoms in total. The van der Waals surface area contributed by atoms with Gasteiger partial charge in [-0.15, -0.1) is 0 Å². The van der Waals surface area contributed by atoms with Crippen molar-refractivity contribution >= 4 is 16.7 Å². The van der Waals surface area contributed by atoms with E-state index in [0.717, 1.165) is 19.5 Å². The average molecular weight is 282 g/mol. The minimum Gasteiger partial charge on any atom is -0.344 e. The molecule has 0 bridgehead atoms. The number of nitrogens with one attached hydrogen (secondary N) is 1. The molecule has 1 amide bonds. The van der Waals surface area contributed by atoms with E-state index in [1.807, 2.05) is 19.0 Å². The third kappa shape index (κ3) is 2.79. The van der Waals surface area contributed by atoms with Gasteiger partial charge in [0.2, 0.25) is 5.91 Å². The van der Waals surface area contributed by atoms with Crippen molar-refractivity contribution in [1.29, 1.82) is 0 Å². The van der Waals surface area contributed by atoms with Gasteiger partial charge in [-0.25, -0.2) is 0 Å². The zero-order chi connectivity index (χ0) is 14.8. The van der Waals surface area contributed by atoms with Crippen LogP contribution in [0.5, 0.6) is 0 Å². The van der Waals surface area contributed by atoms with Crippen LogP contribution in [0.2, 0.25) is 0 Å². The summed E-state index contributed by atoms with van der Waals surface area (Å²) in [5.74, 6) is 0.835. The smallest absolute Gasteiger partial charge is 0.226 e. The van der Waals surface area contributed by atoms with Gasteiger partial charge in [0.05, 0.1) is 0 Å². The van der Waals surface area contributed by atoms with Crippen LogP contribution in [-0.4, -0.2) is 38.0 Å². The minimum absolute atomic E-state index is 0.165. The Labute approximate surface area is 125 Å². The van der Waals surface area contributed by atoms with Crippen molar-refractivity contribution in [2.45, 2.75) is 12.3 Å². The molecule has 0 spiro atoms. The van der Waals surface area contributed by atoms with Crippen LogP contribution in [-0.2, 0) is 4.79 Å². The van der Waals surface area contributed by atoms with Gasteiger partial charge < -0.3 is 10.2 Å². The summed E-state index contributed by atoms with van der Waals surface area (Å²) in [5, 5.41) is 5.64. The Hall–Kier alpha value is -1.87. The van der Waals surface area contributed by atoms with Gasteiger partial charge in [0.1, 0.15) is 0 Å². The number of fused-ring (bicyclic) bond motifs is 1. The lowest BCUT2D eigenvalue weighted by molar-refractivity contribution is -0.131. The van der Waals surface area contributed by atoms with Crippen molar-refractivity contribution in [3.63, 3.8) is 0 Å². The molecule has 3 heteroatoms. The van der Waals surface area contributed by atoms with Crippen molar-refractivity contribution < 1.29 is 4.79 Å². The lowest BCUT2D eigenvalue weighted by atomic mass is 10.00. The fourth-order valence-corrected chi connectivity index (χ4v) is 3.06. The van der Waals surface area contributed by atoms with Crippen molar-refractivity contribution in [2.75, 3.05) is 27.2 Å². The number of carbonyl (C=O) groups excluding carboxylic acids is 1. The summed E-state index contributed by atoms with van der Waals surface area (Å²) in [6.07, 6.45) is 0.983. The van der Waals surface area contributed by atoms with Gasteiger partial charge >= 0.3 is 0 Å². The van der Waals surface area contributed by atoms with Crippen LogP contribution in [0.15, 0.2) is 42.5 Å². The van der Waals surface area contributed by atoms with Crippen LogP contribution in [0.25, 0.3) is 10.8 Å². The van der Waals surface area contributed by atoms with Gasteiger partial charge in [0.15, 0.2) is 0 Å². The van der Waals surface area contributed by atoms with Crippen LogP contribution >= 0.6 is 0 Å². The van der Waals surface area contributed by atoms with Crippen molar-refractivity contribution in [3.05, 3.63) is 48.0 Å². The van der Waals surface area contributed by atoms with Crippen molar-refractivity contribution in [2.24, 2.45) is 5.92 Å². The molecule has 0 aromatic heterocycles. The second-order valence-corrected chi connectivity index (χ2v) is 5.88. The van der Waals surface area contributed by atoms with Crippen LogP contribution in [0.4, 0.5) is 0 Å². The van der Waals surface area contributed by atoms with E-state index < -0.39 is 0 Å². The predicted molar refractivity (Wildman–Crippen MR) is 86.4 cm³/mol. The second kappa shape index (κ2) is 5.86. The SMILES string of the molecule is CNCCN(C)C(=O)C1CC1c1cccc2ccccc12. The molecule has 1 aliphatic rings. The van der Waals surface area contributed by atoms with E-state index in [4.69, 9.17) is 0 Å². The van der Waals surface area contributed by atoms with Crippen LogP contribution < -0.4 is 5.32 Å². The first-order valence-electron chi connectivity index (χ1n) is 7.59. The Morgan fingerprint density at radius 3 is 2.81 bits per heavy atom. The fraction of sp³-hybridized carbons (Fsp3) is 0.389. The van der Waals surface area contributed by atoms with E-state index in [0.29, 0.717) is 5.92 Å². The zero-order valence-corrected chi connectivity index (χ0v) is 12.7. The number of hydrogen-bond acceptors (Lipinski definition) is 2. The first-order valence-corrected chi connectivity index (χ1v) is 7.59. The molecule has 1 N–H and O–H groups in total. The van der Waals surface area contributed by atoms with Crippen LogP contribution in [0.1, 0.15) is 17.9 Å². The van der Waals surface area contributed by atoms with Gasteiger partial charge in [-0.05, 0) is 35.7 Å². The minimum atomic E-state index is 0.165. The van der Waals surface area contributed by atoms with E-state index in [1.165, 1.54) is 16.3 Å². The molecule has 0 radical (unpaired) electrons. The summed E-state index contributed by atoms with van der Waals surface area (Å²) >= 11 is 0. The van der Waals surface area contributed by atoms with Gasteiger partial charge in [-0.2, -0.15) is 0 Å². The molecule has 21 heavy (non-hydrogen) atoms. The molecular formula is C18H22N2O. The summed E-state index contributed by atoms with van der Waals surface area (Å²) in [4.78, 5) is 14.3. The molecule has 2 aromatic carbocycles. The van der Waals surface area contributed by atoms with E-state index in [2.05, 4.69) is 47.8 Å². The molecule has 0 saturated heterocycles. The number of amides is 1. The molecule has 1 fully saturated rings. The Morgan fingerprint density at radius 2 is 2.00 bits per heavy atom. The van der Waals surface area contributed by atoms with E-state index in [-0.39, 0.29) is 11.8 Å². The number of likely N-dealkylation sites (N-methyl/N-ethyl adjacent to an activating group) is 2. The van der Waals surface area contributed by atoms with E-state index in [1.54, 1.807) is 0 Å². The monoisotopic (exact) mass is 282 g/mol.